The number of nitrogens with zero attached hydrogens (tertiary/aromatic N) is 4. The lowest BCUT2D eigenvalue weighted by Crippen LogP contribution is -2.32. The Kier molecular flexibility index (Phi) is 6.10. The van der Waals surface area contributed by atoms with Crippen LogP contribution in [-0.2, 0) is 24.1 Å². The molecule has 0 unspecified atom stereocenters. The Bertz CT molecular complexity index is 1410. The number of fused-ring (bicyclic) bond motifs is 1. The van der Waals surface area contributed by atoms with Crippen molar-refractivity contribution in [2.75, 3.05) is 7.11 Å². The first-order chi connectivity index (χ1) is 16.2. The number of alkyl halides is 3. The van der Waals surface area contributed by atoms with Crippen LogP contribution in [0.25, 0.3) is 17.0 Å². The van der Waals surface area contributed by atoms with Crippen LogP contribution in [0.1, 0.15) is 16.8 Å². The fourth-order valence-electron chi connectivity index (χ4n) is 3.43. The Balaban J connectivity index is 1.60. The van der Waals surface area contributed by atoms with E-state index in [4.69, 9.17) is 4.74 Å². The smallest absolute Gasteiger partial charge is 0.416 e. The van der Waals surface area contributed by atoms with Crippen LogP contribution in [0.5, 0.6) is 5.75 Å². The molecule has 11 heteroatoms. The molecule has 0 aliphatic heterocycles. The number of ether oxygens (including phenoxy) is 1. The third-order valence-corrected chi connectivity index (χ3v) is 5.08. The summed E-state index contributed by atoms with van der Waals surface area (Å²) in [4.78, 5) is 29.8. The number of carbonyl (C=O) groups is 1. The molecule has 0 fully saturated rings. The number of aromatic nitrogens is 4. The predicted molar refractivity (Wildman–Crippen MR) is 117 cm³/mol. The van der Waals surface area contributed by atoms with Crippen molar-refractivity contribution in [2.45, 2.75) is 26.2 Å². The Morgan fingerprint density at radius 1 is 1.12 bits per heavy atom. The maximum Gasteiger partial charge on any atom is 0.416 e. The van der Waals surface area contributed by atoms with Gasteiger partial charge >= 0.3 is 11.9 Å². The van der Waals surface area contributed by atoms with Gasteiger partial charge in [-0.2, -0.15) is 13.2 Å². The van der Waals surface area contributed by atoms with E-state index in [1.165, 1.54) is 16.5 Å². The lowest BCUT2D eigenvalue weighted by molar-refractivity contribution is -0.137. The van der Waals surface area contributed by atoms with Crippen molar-refractivity contribution in [1.29, 1.82) is 0 Å². The number of benzene rings is 2. The van der Waals surface area contributed by atoms with E-state index in [2.05, 4.69) is 15.4 Å². The second kappa shape index (κ2) is 9.00. The number of rotatable bonds is 6. The van der Waals surface area contributed by atoms with Crippen LogP contribution in [0.15, 0.2) is 59.4 Å². The number of nitrogens with one attached hydrogen (secondary N) is 1. The van der Waals surface area contributed by atoms with Crippen molar-refractivity contribution < 1.29 is 22.7 Å². The van der Waals surface area contributed by atoms with Crippen LogP contribution >= 0.6 is 0 Å². The lowest BCUT2D eigenvalue weighted by atomic mass is 10.1. The van der Waals surface area contributed by atoms with Crippen molar-refractivity contribution in [1.82, 2.24) is 24.5 Å². The molecular formula is C23H20F3N5O3. The summed E-state index contributed by atoms with van der Waals surface area (Å²) in [5.41, 5.74) is 0.435. The molecule has 8 nitrogen and oxygen atoms in total. The SMILES string of the molecule is COc1cccc(CNC(=O)Cn2nc3cc(C)nc(-c4ccc(C(F)(F)F)cc4)n3c2=O)c1. The maximum atomic E-state index is 13.0. The molecule has 0 bridgehead atoms. The molecule has 1 N–H and O–H groups in total. The van der Waals surface area contributed by atoms with E-state index < -0.39 is 23.3 Å². The zero-order chi connectivity index (χ0) is 24.5. The van der Waals surface area contributed by atoms with Gasteiger partial charge in [-0.1, -0.05) is 24.3 Å². The van der Waals surface area contributed by atoms with Gasteiger partial charge in [-0.05, 0) is 36.8 Å². The molecule has 0 aliphatic carbocycles. The Labute approximate surface area is 191 Å². The van der Waals surface area contributed by atoms with E-state index >= 15 is 0 Å². The number of halogens is 3. The average molecular weight is 471 g/mol. The van der Waals surface area contributed by atoms with Gasteiger partial charge in [0.15, 0.2) is 5.65 Å². The highest BCUT2D eigenvalue weighted by molar-refractivity contribution is 5.75. The van der Waals surface area contributed by atoms with Crippen LogP contribution in [0.2, 0.25) is 0 Å². The third kappa shape index (κ3) is 4.77. The highest BCUT2D eigenvalue weighted by Crippen LogP contribution is 2.30. The minimum atomic E-state index is -4.48. The first kappa shape index (κ1) is 23.0. The summed E-state index contributed by atoms with van der Waals surface area (Å²) < 4.78 is 46.0. The third-order valence-electron chi connectivity index (χ3n) is 5.08. The minimum Gasteiger partial charge on any atom is -0.497 e. The van der Waals surface area contributed by atoms with Crippen LogP contribution in [0.4, 0.5) is 13.2 Å². The Hall–Kier alpha value is -4.15. The monoisotopic (exact) mass is 471 g/mol. The van der Waals surface area contributed by atoms with E-state index in [9.17, 15) is 22.8 Å². The second-order valence-electron chi connectivity index (χ2n) is 7.56. The lowest BCUT2D eigenvalue weighted by Gasteiger charge is -2.08. The average Bonchev–Trinajstić information content (AvgIpc) is 3.11. The van der Waals surface area contributed by atoms with Crippen LogP contribution in [0, 0.1) is 6.92 Å². The first-order valence-electron chi connectivity index (χ1n) is 10.2. The molecule has 0 saturated carbocycles. The molecule has 0 radical (unpaired) electrons. The second-order valence-corrected chi connectivity index (χ2v) is 7.56. The number of hydrogen-bond donors (Lipinski definition) is 1. The predicted octanol–water partition coefficient (Wildman–Crippen LogP) is 3.21. The van der Waals surface area contributed by atoms with Crippen LogP contribution < -0.4 is 15.7 Å². The van der Waals surface area contributed by atoms with E-state index in [-0.39, 0.29) is 24.6 Å². The summed E-state index contributed by atoms with van der Waals surface area (Å²) in [6.07, 6.45) is -4.48. The summed E-state index contributed by atoms with van der Waals surface area (Å²) in [7, 11) is 1.54. The Morgan fingerprint density at radius 3 is 2.53 bits per heavy atom. The molecule has 4 aromatic rings. The van der Waals surface area contributed by atoms with Crippen molar-refractivity contribution in [2.24, 2.45) is 0 Å². The summed E-state index contributed by atoms with van der Waals surface area (Å²) >= 11 is 0. The zero-order valence-corrected chi connectivity index (χ0v) is 18.3. The van der Waals surface area contributed by atoms with E-state index in [1.54, 1.807) is 38.3 Å². The van der Waals surface area contributed by atoms with Gasteiger partial charge in [0.25, 0.3) is 0 Å². The van der Waals surface area contributed by atoms with Crippen molar-refractivity contribution in [3.05, 3.63) is 81.9 Å². The molecule has 4 rings (SSSR count). The van der Waals surface area contributed by atoms with Crippen LogP contribution in [0.3, 0.4) is 0 Å². The number of methoxy groups -OCH3 is 1. The number of hydrogen-bond acceptors (Lipinski definition) is 5. The number of aryl methyl sites for hydroxylation is 1. The quantitative estimate of drug-likeness (QED) is 0.467. The molecule has 0 atom stereocenters. The summed E-state index contributed by atoms with van der Waals surface area (Å²) in [6, 6.07) is 13.1. The summed E-state index contributed by atoms with van der Waals surface area (Å²) in [5, 5.41) is 6.93. The fraction of sp³-hybridized carbons (Fsp3) is 0.217. The number of carbonyl (C=O) groups excluding carboxylic acids is 1. The normalized spacial score (nSPS) is 11.6. The Morgan fingerprint density at radius 2 is 1.85 bits per heavy atom. The fourth-order valence-corrected chi connectivity index (χ4v) is 3.43. The molecule has 0 spiro atoms. The molecule has 176 valence electrons. The zero-order valence-electron chi connectivity index (χ0n) is 18.3. The molecule has 2 aromatic heterocycles. The van der Waals surface area contributed by atoms with E-state index in [0.717, 1.165) is 22.4 Å². The highest BCUT2D eigenvalue weighted by Gasteiger charge is 2.30. The molecule has 0 aliphatic rings. The van der Waals surface area contributed by atoms with Gasteiger partial charge in [-0.15, -0.1) is 5.10 Å². The van der Waals surface area contributed by atoms with Crippen molar-refractivity contribution in [3.63, 3.8) is 0 Å². The van der Waals surface area contributed by atoms with Gasteiger partial charge in [0.05, 0.1) is 12.7 Å². The maximum absolute atomic E-state index is 13.0. The molecule has 2 heterocycles. The molecule has 1 amide bonds. The molecule has 2 aromatic carbocycles. The van der Waals surface area contributed by atoms with Gasteiger partial charge in [0.2, 0.25) is 5.91 Å². The van der Waals surface area contributed by atoms with Crippen molar-refractivity contribution >= 4 is 11.6 Å². The van der Waals surface area contributed by atoms with Crippen LogP contribution in [-0.4, -0.2) is 32.2 Å². The number of amides is 1. The van der Waals surface area contributed by atoms with Gasteiger partial charge in [-0.25, -0.2) is 18.9 Å². The van der Waals surface area contributed by atoms with Crippen molar-refractivity contribution in [3.8, 4) is 17.1 Å². The topological polar surface area (TPSA) is 90.5 Å². The van der Waals surface area contributed by atoms with Gasteiger partial charge in [0, 0.05) is 23.9 Å². The molecule has 0 saturated heterocycles. The van der Waals surface area contributed by atoms with E-state index in [1.807, 2.05) is 6.07 Å². The van der Waals surface area contributed by atoms with Gasteiger partial charge in [-0.3, -0.25) is 4.79 Å². The van der Waals surface area contributed by atoms with Gasteiger partial charge in [0.1, 0.15) is 18.1 Å². The summed E-state index contributed by atoms with van der Waals surface area (Å²) in [5.74, 6) is 0.354. The van der Waals surface area contributed by atoms with Gasteiger partial charge < -0.3 is 10.1 Å². The first-order valence-corrected chi connectivity index (χ1v) is 10.2. The molecular weight excluding hydrogens is 451 g/mol. The largest absolute Gasteiger partial charge is 0.497 e. The standard InChI is InChI=1S/C23H20F3N5O3/c1-14-10-19-29-30(13-20(32)27-12-15-4-3-5-18(11-15)34-2)22(33)31(19)21(28-14)16-6-8-17(9-7-16)23(24,25)26/h3-11H,12-13H2,1-2H3,(H,27,32). The highest BCUT2D eigenvalue weighted by atomic mass is 19.4. The molecule has 34 heavy (non-hydrogen) atoms. The van der Waals surface area contributed by atoms with E-state index in [0.29, 0.717) is 17.0 Å². The summed E-state index contributed by atoms with van der Waals surface area (Å²) in [6.45, 7) is 1.57. The minimum absolute atomic E-state index is 0.136.